The van der Waals surface area contributed by atoms with Gasteiger partial charge in [0, 0.05) is 24.4 Å². The fraction of sp³-hybridized carbons (Fsp3) is 1.00. The van der Waals surface area contributed by atoms with E-state index >= 15 is 0 Å². The summed E-state index contributed by atoms with van der Waals surface area (Å²) in [7, 11) is 2.20. The van der Waals surface area contributed by atoms with Crippen LogP contribution in [0.4, 0.5) is 0 Å². The van der Waals surface area contributed by atoms with Crippen molar-refractivity contribution in [2.75, 3.05) is 25.9 Å². The molecule has 0 saturated heterocycles. The molecule has 13 heavy (non-hydrogen) atoms. The molecule has 1 rings (SSSR count). The first-order chi connectivity index (χ1) is 6.27. The molecule has 0 amide bonds. The van der Waals surface area contributed by atoms with Gasteiger partial charge < -0.3 is 10.6 Å². The second-order valence-electron chi connectivity index (χ2n) is 3.81. The van der Waals surface area contributed by atoms with Gasteiger partial charge in [-0.05, 0) is 32.1 Å². The second-order valence-corrected chi connectivity index (χ2v) is 5.39. The van der Waals surface area contributed by atoms with Crippen LogP contribution in [0.15, 0.2) is 0 Å². The van der Waals surface area contributed by atoms with Crippen molar-refractivity contribution in [1.82, 2.24) is 4.90 Å². The SMILES string of the molecule is CCSC1CCC(N(C)CCN)C1. The van der Waals surface area contributed by atoms with E-state index in [9.17, 15) is 0 Å². The van der Waals surface area contributed by atoms with Gasteiger partial charge in [-0.3, -0.25) is 0 Å². The Morgan fingerprint density at radius 2 is 2.23 bits per heavy atom. The minimum absolute atomic E-state index is 0.790. The first kappa shape index (κ1) is 11.3. The highest BCUT2D eigenvalue weighted by Gasteiger charge is 2.26. The van der Waals surface area contributed by atoms with Gasteiger partial charge in [-0.1, -0.05) is 6.92 Å². The fourth-order valence-electron chi connectivity index (χ4n) is 2.09. The van der Waals surface area contributed by atoms with Gasteiger partial charge in [0.1, 0.15) is 0 Å². The van der Waals surface area contributed by atoms with E-state index in [2.05, 4.69) is 30.6 Å². The van der Waals surface area contributed by atoms with Crippen LogP contribution in [0, 0.1) is 0 Å². The molecular formula is C10H22N2S. The Morgan fingerprint density at radius 3 is 2.85 bits per heavy atom. The van der Waals surface area contributed by atoms with E-state index in [1.54, 1.807) is 0 Å². The molecule has 1 aliphatic rings. The van der Waals surface area contributed by atoms with E-state index in [0.717, 1.165) is 24.4 Å². The van der Waals surface area contributed by atoms with Crippen LogP contribution in [0.3, 0.4) is 0 Å². The molecule has 2 N–H and O–H groups in total. The van der Waals surface area contributed by atoms with Crippen molar-refractivity contribution in [1.29, 1.82) is 0 Å². The van der Waals surface area contributed by atoms with Crippen LogP contribution in [0.1, 0.15) is 26.2 Å². The summed E-state index contributed by atoms with van der Waals surface area (Å²) >= 11 is 2.12. The van der Waals surface area contributed by atoms with Crippen molar-refractivity contribution in [2.45, 2.75) is 37.5 Å². The van der Waals surface area contributed by atoms with Crippen LogP contribution >= 0.6 is 11.8 Å². The molecule has 0 aromatic heterocycles. The van der Waals surface area contributed by atoms with Crippen molar-refractivity contribution in [3.8, 4) is 0 Å². The predicted octanol–water partition coefficient (Wildman–Crippen LogP) is 1.55. The van der Waals surface area contributed by atoms with Gasteiger partial charge in [-0.25, -0.2) is 0 Å². The lowest BCUT2D eigenvalue weighted by atomic mass is 10.2. The molecule has 0 aliphatic heterocycles. The lowest BCUT2D eigenvalue weighted by molar-refractivity contribution is 0.253. The van der Waals surface area contributed by atoms with Crippen molar-refractivity contribution in [2.24, 2.45) is 5.73 Å². The smallest absolute Gasteiger partial charge is 0.0104 e. The van der Waals surface area contributed by atoms with E-state index in [4.69, 9.17) is 5.73 Å². The van der Waals surface area contributed by atoms with Gasteiger partial charge in [0.15, 0.2) is 0 Å². The van der Waals surface area contributed by atoms with Crippen LogP contribution < -0.4 is 5.73 Å². The zero-order chi connectivity index (χ0) is 9.68. The summed E-state index contributed by atoms with van der Waals surface area (Å²) in [6.07, 6.45) is 4.14. The topological polar surface area (TPSA) is 29.3 Å². The zero-order valence-electron chi connectivity index (χ0n) is 8.83. The van der Waals surface area contributed by atoms with Crippen LogP contribution in [-0.4, -0.2) is 42.1 Å². The Kier molecular flexibility index (Phi) is 5.14. The molecule has 0 radical (unpaired) electrons. The number of nitrogens with zero attached hydrogens (tertiary/aromatic N) is 1. The highest BCUT2D eigenvalue weighted by Crippen LogP contribution is 2.31. The van der Waals surface area contributed by atoms with E-state index in [-0.39, 0.29) is 0 Å². The molecule has 0 heterocycles. The average Bonchev–Trinajstić information content (AvgIpc) is 2.54. The maximum Gasteiger partial charge on any atom is 0.0104 e. The second kappa shape index (κ2) is 5.89. The van der Waals surface area contributed by atoms with E-state index in [1.165, 1.54) is 25.0 Å². The summed E-state index contributed by atoms with van der Waals surface area (Å²) in [4.78, 5) is 2.43. The normalized spacial score (nSPS) is 28.6. The molecule has 0 aromatic carbocycles. The van der Waals surface area contributed by atoms with Crippen molar-refractivity contribution >= 4 is 11.8 Å². The van der Waals surface area contributed by atoms with Gasteiger partial charge in [0.05, 0.1) is 0 Å². The van der Waals surface area contributed by atoms with Crippen molar-refractivity contribution in [3.63, 3.8) is 0 Å². The minimum Gasteiger partial charge on any atom is -0.329 e. The lowest BCUT2D eigenvalue weighted by Crippen LogP contribution is -2.34. The van der Waals surface area contributed by atoms with Crippen molar-refractivity contribution in [3.05, 3.63) is 0 Å². The number of likely N-dealkylation sites (N-methyl/N-ethyl adjacent to an activating group) is 1. The molecule has 2 unspecified atom stereocenters. The fourth-order valence-corrected chi connectivity index (χ4v) is 3.22. The molecule has 0 bridgehead atoms. The quantitative estimate of drug-likeness (QED) is 0.733. The Balaban J connectivity index is 2.23. The van der Waals surface area contributed by atoms with Crippen LogP contribution in [0.2, 0.25) is 0 Å². The number of thioether (sulfide) groups is 1. The van der Waals surface area contributed by atoms with Crippen LogP contribution in [-0.2, 0) is 0 Å². The summed E-state index contributed by atoms with van der Waals surface area (Å²) < 4.78 is 0. The van der Waals surface area contributed by atoms with E-state index < -0.39 is 0 Å². The third-order valence-electron chi connectivity index (χ3n) is 2.86. The molecule has 2 atom stereocenters. The average molecular weight is 202 g/mol. The van der Waals surface area contributed by atoms with Gasteiger partial charge in [-0.2, -0.15) is 11.8 Å². The van der Waals surface area contributed by atoms with E-state index in [1.807, 2.05) is 0 Å². The molecule has 1 aliphatic carbocycles. The largest absolute Gasteiger partial charge is 0.329 e. The molecule has 2 nitrogen and oxygen atoms in total. The highest BCUT2D eigenvalue weighted by molar-refractivity contribution is 7.99. The standard InChI is InChI=1S/C10H22N2S/c1-3-13-10-5-4-9(8-10)12(2)7-6-11/h9-10H,3-8,11H2,1-2H3. The van der Waals surface area contributed by atoms with Gasteiger partial charge in [0.2, 0.25) is 0 Å². The molecule has 0 aromatic rings. The summed E-state index contributed by atoms with van der Waals surface area (Å²) in [6, 6.07) is 0.799. The third kappa shape index (κ3) is 3.49. The summed E-state index contributed by atoms with van der Waals surface area (Å²) in [5.74, 6) is 1.26. The van der Waals surface area contributed by atoms with Crippen molar-refractivity contribution < 1.29 is 0 Å². The van der Waals surface area contributed by atoms with Gasteiger partial charge in [-0.15, -0.1) is 0 Å². The third-order valence-corrected chi connectivity index (χ3v) is 4.10. The first-order valence-electron chi connectivity index (χ1n) is 5.29. The molecule has 3 heteroatoms. The van der Waals surface area contributed by atoms with Crippen LogP contribution in [0.25, 0.3) is 0 Å². The Hall–Kier alpha value is 0.270. The molecule has 0 spiro atoms. The summed E-state index contributed by atoms with van der Waals surface area (Å²) in [5, 5.41) is 0.912. The van der Waals surface area contributed by atoms with Gasteiger partial charge in [0.25, 0.3) is 0 Å². The number of hydrogen-bond acceptors (Lipinski definition) is 3. The Labute approximate surface area is 86.2 Å². The first-order valence-corrected chi connectivity index (χ1v) is 6.34. The minimum atomic E-state index is 0.790. The lowest BCUT2D eigenvalue weighted by Gasteiger charge is -2.23. The molecular weight excluding hydrogens is 180 g/mol. The maximum atomic E-state index is 5.54. The molecule has 1 saturated carbocycles. The maximum absolute atomic E-state index is 5.54. The predicted molar refractivity (Wildman–Crippen MR) is 61.2 cm³/mol. The number of rotatable bonds is 5. The molecule has 1 fully saturated rings. The number of hydrogen-bond donors (Lipinski definition) is 1. The molecule has 78 valence electrons. The summed E-state index contributed by atoms with van der Waals surface area (Å²) in [5.41, 5.74) is 5.54. The number of nitrogens with two attached hydrogens (primary N) is 1. The Bertz CT molecular complexity index is 141. The van der Waals surface area contributed by atoms with Gasteiger partial charge >= 0.3 is 0 Å². The van der Waals surface area contributed by atoms with E-state index in [0.29, 0.717) is 0 Å². The van der Waals surface area contributed by atoms with Crippen LogP contribution in [0.5, 0.6) is 0 Å². The summed E-state index contributed by atoms with van der Waals surface area (Å²) in [6.45, 7) is 4.09. The zero-order valence-corrected chi connectivity index (χ0v) is 9.65. The highest BCUT2D eigenvalue weighted by atomic mass is 32.2. The Morgan fingerprint density at radius 1 is 1.46 bits per heavy atom. The monoisotopic (exact) mass is 202 g/mol.